The van der Waals surface area contributed by atoms with Crippen molar-refractivity contribution in [3.8, 4) is 0 Å². The maximum absolute atomic E-state index is 12.6. The predicted octanol–water partition coefficient (Wildman–Crippen LogP) is 5.33. The van der Waals surface area contributed by atoms with Gasteiger partial charge in [0.2, 0.25) is 0 Å². The molecule has 0 radical (unpaired) electrons. The number of hydrogen-bond donors (Lipinski definition) is 1. The van der Waals surface area contributed by atoms with Crippen molar-refractivity contribution < 1.29 is 13.2 Å². The number of benzene rings is 1. The Balaban J connectivity index is 1.99. The minimum Gasteiger partial charge on any atom is -0.310 e. The zero-order valence-electron chi connectivity index (χ0n) is 12.5. The maximum Gasteiger partial charge on any atom is 0.416 e. The zero-order valence-corrected chi connectivity index (χ0v) is 12.5. The van der Waals surface area contributed by atoms with Crippen LogP contribution in [0.4, 0.5) is 13.2 Å². The zero-order chi connectivity index (χ0) is 15.3. The van der Waals surface area contributed by atoms with Crippen LogP contribution >= 0.6 is 0 Å². The number of alkyl halides is 3. The monoisotopic (exact) mass is 299 g/mol. The topological polar surface area (TPSA) is 12.0 Å². The first kappa shape index (κ1) is 16.3. The number of halogens is 3. The van der Waals surface area contributed by atoms with E-state index in [1.165, 1.54) is 44.2 Å². The molecular formula is C17H24F3N. The molecule has 1 N–H and O–H groups in total. The SMILES string of the molecule is CCNC(CCC1CCCC1)c1ccc(C(F)(F)F)cc1. The lowest BCUT2D eigenvalue weighted by atomic mass is 9.94. The van der Waals surface area contributed by atoms with Gasteiger partial charge in [0.15, 0.2) is 0 Å². The third kappa shape index (κ3) is 4.73. The van der Waals surface area contributed by atoms with Crippen LogP contribution in [0.15, 0.2) is 24.3 Å². The first-order valence-corrected chi connectivity index (χ1v) is 7.91. The van der Waals surface area contributed by atoms with E-state index in [2.05, 4.69) is 5.32 Å². The fraction of sp³-hybridized carbons (Fsp3) is 0.647. The van der Waals surface area contributed by atoms with Crippen molar-refractivity contribution in [3.05, 3.63) is 35.4 Å². The van der Waals surface area contributed by atoms with E-state index in [9.17, 15) is 13.2 Å². The van der Waals surface area contributed by atoms with E-state index in [4.69, 9.17) is 0 Å². The highest BCUT2D eigenvalue weighted by molar-refractivity contribution is 5.26. The summed E-state index contributed by atoms with van der Waals surface area (Å²) in [7, 11) is 0. The Morgan fingerprint density at radius 1 is 1.14 bits per heavy atom. The van der Waals surface area contributed by atoms with Crippen molar-refractivity contribution in [2.24, 2.45) is 5.92 Å². The van der Waals surface area contributed by atoms with Gasteiger partial charge in [0.1, 0.15) is 0 Å². The Morgan fingerprint density at radius 3 is 2.29 bits per heavy atom. The van der Waals surface area contributed by atoms with Crippen LogP contribution in [0.1, 0.15) is 62.6 Å². The molecule has 1 atom stereocenters. The number of hydrogen-bond acceptors (Lipinski definition) is 1. The van der Waals surface area contributed by atoms with E-state index in [-0.39, 0.29) is 6.04 Å². The molecule has 118 valence electrons. The van der Waals surface area contributed by atoms with Crippen LogP contribution in [0, 0.1) is 5.92 Å². The summed E-state index contributed by atoms with van der Waals surface area (Å²) in [6.07, 6.45) is 3.20. The van der Waals surface area contributed by atoms with E-state index in [0.717, 1.165) is 24.4 Å². The smallest absolute Gasteiger partial charge is 0.310 e. The molecule has 1 aromatic rings. The van der Waals surface area contributed by atoms with Crippen molar-refractivity contribution in [1.82, 2.24) is 5.32 Å². The molecule has 0 amide bonds. The summed E-state index contributed by atoms with van der Waals surface area (Å²) in [5.74, 6) is 0.806. The molecule has 1 aliphatic rings. The van der Waals surface area contributed by atoms with Crippen molar-refractivity contribution in [1.29, 1.82) is 0 Å². The van der Waals surface area contributed by atoms with Crippen LogP contribution in [0.3, 0.4) is 0 Å². The van der Waals surface area contributed by atoms with Gasteiger partial charge in [0, 0.05) is 6.04 Å². The highest BCUT2D eigenvalue weighted by Crippen LogP contribution is 2.33. The highest BCUT2D eigenvalue weighted by atomic mass is 19.4. The van der Waals surface area contributed by atoms with Crippen molar-refractivity contribution >= 4 is 0 Å². The van der Waals surface area contributed by atoms with Crippen LogP contribution in [-0.4, -0.2) is 6.54 Å². The fourth-order valence-corrected chi connectivity index (χ4v) is 3.24. The van der Waals surface area contributed by atoms with Gasteiger partial charge in [0.05, 0.1) is 5.56 Å². The molecule has 0 bridgehead atoms. The Kier molecular flexibility index (Phi) is 5.68. The molecule has 0 aliphatic heterocycles. The average molecular weight is 299 g/mol. The molecule has 1 nitrogen and oxygen atoms in total. The third-order valence-corrected chi connectivity index (χ3v) is 4.43. The molecule has 1 fully saturated rings. The van der Waals surface area contributed by atoms with Gasteiger partial charge in [0.25, 0.3) is 0 Å². The van der Waals surface area contributed by atoms with Gasteiger partial charge in [-0.1, -0.05) is 44.7 Å². The molecule has 1 aliphatic carbocycles. The van der Waals surface area contributed by atoms with Crippen molar-refractivity contribution in [3.63, 3.8) is 0 Å². The van der Waals surface area contributed by atoms with Crippen LogP contribution in [0.25, 0.3) is 0 Å². The summed E-state index contributed by atoms with van der Waals surface area (Å²) in [6, 6.07) is 5.78. The van der Waals surface area contributed by atoms with Gasteiger partial charge in [-0.15, -0.1) is 0 Å². The van der Waals surface area contributed by atoms with E-state index in [0.29, 0.717) is 0 Å². The minimum atomic E-state index is -4.25. The number of nitrogens with one attached hydrogen (secondary N) is 1. The van der Waals surface area contributed by atoms with Gasteiger partial charge in [-0.25, -0.2) is 0 Å². The van der Waals surface area contributed by atoms with Gasteiger partial charge in [-0.2, -0.15) is 13.2 Å². The Bertz CT molecular complexity index is 419. The lowest BCUT2D eigenvalue weighted by molar-refractivity contribution is -0.137. The van der Waals surface area contributed by atoms with Crippen LogP contribution in [0.2, 0.25) is 0 Å². The van der Waals surface area contributed by atoms with E-state index in [1.54, 1.807) is 12.1 Å². The van der Waals surface area contributed by atoms with E-state index < -0.39 is 11.7 Å². The normalized spacial score (nSPS) is 18.1. The molecule has 0 saturated heterocycles. The van der Waals surface area contributed by atoms with Gasteiger partial charge < -0.3 is 5.32 Å². The minimum absolute atomic E-state index is 0.165. The second kappa shape index (κ2) is 7.30. The Morgan fingerprint density at radius 2 is 1.76 bits per heavy atom. The molecule has 1 saturated carbocycles. The highest BCUT2D eigenvalue weighted by Gasteiger charge is 2.30. The summed E-state index contributed by atoms with van der Waals surface area (Å²) < 4.78 is 37.8. The molecule has 4 heteroatoms. The quantitative estimate of drug-likeness (QED) is 0.749. The van der Waals surface area contributed by atoms with Crippen LogP contribution < -0.4 is 5.32 Å². The second-order valence-corrected chi connectivity index (χ2v) is 5.96. The molecule has 2 rings (SSSR count). The van der Waals surface area contributed by atoms with Gasteiger partial charge >= 0.3 is 6.18 Å². The Labute approximate surface area is 124 Å². The van der Waals surface area contributed by atoms with Gasteiger partial charge in [-0.3, -0.25) is 0 Å². The molecule has 1 unspecified atom stereocenters. The maximum atomic E-state index is 12.6. The summed E-state index contributed by atoms with van der Waals surface area (Å²) >= 11 is 0. The second-order valence-electron chi connectivity index (χ2n) is 5.96. The number of rotatable bonds is 6. The average Bonchev–Trinajstić information content (AvgIpc) is 2.96. The molecular weight excluding hydrogens is 275 g/mol. The van der Waals surface area contributed by atoms with Crippen LogP contribution in [-0.2, 0) is 6.18 Å². The van der Waals surface area contributed by atoms with Crippen molar-refractivity contribution in [2.45, 2.75) is 57.7 Å². The molecule has 0 spiro atoms. The van der Waals surface area contributed by atoms with Crippen LogP contribution in [0.5, 0.6) is 0 Å². The summed E-state index contributed by atoms with van der Waals surface area (Å²) in [4.78, 5) is 0. The Hall–Kier alpha value is -1.03. The molecule has 21 heavy (non-hydrogen) atoms. The van der Waals surface area contributed by atoms with Gasteiger partial charge in [-0.05, 0) is 43.0 Å². The first-order chi connectivity index (χ1) is 10.0. The lowest BCUT2D eigenvalue weighted by Gasteiger charge is -2.21. The fourth-order valence-electron chi connectivity index (χ4n) is 3.24. The summed E-state index contributed by atoms with van der Waals surface area (Å²) in [5.41, 5.74) is 0.389. The predicted molar refractivity (Wildman–Crippen MR) is 79.1 cm³/mol. The van der Waals surface area contributed by atoms with E-state index >= 15 is 0 Å². The van der Waals surface area contributed by atoms with E-state index in [1.807, 2.05) is 6.92 Å². The third-order valence-electron chi connectivity index (χ3n) is 4.43. The first-order valence-electron chi connectivity index (χ1n) is 7.91. The largest absolute Gasteiger partial charge is 0.416 e. The lowest BCUT2D eigenvalue weighted by Crippen LogP contribution is -2.21. The molecule has 0 aromatic heterocycles. The summed E-state index contributed by atoms with van der Waals surface area (Å²) in [6.45, 7) is 2.86. The van der Waals surface area contributed by atoms with Crippen molar-refractivity contribution in [2.75, 3.05) is 6.54 Å². The summed E-state index contributed by atoms with van der Waals surface area (Å²) in [5, 5.41) is 3.40. The molecule has 1 aromatic carbocycles. The standard InChI is InChI=1S/C17H24F3N/c1-2-21-16(12-7-13-5-3-4-6-13)14-8-10-15(11-9-14)17(18,19)20/h8-11,13,16,21H,2-7,12H2,1H3. The molecule has 0 heterocycles.